The molecule has 5 rings (SSSR count). The van der Waals surface area contributed by atoms with Crippen molar-refractivity contribution in [2.24, 2.45) is 22.1 Å². The monoisotopic (exact) mass is 347 g/mol. The first-order valence-corrected chi connectivity index (χ1v) is 10.0. The van der Waals surface area contributed by atoms with Crippen molar-refractivity contribution in [3.8, 4) is 0 Å². The Kier molecular flexibility index (Phi) is 3.49. The molecule has 1 spiro atoms. The fraction of sp³-hybridized carbons (Fsp3) is 0.765. The first-order chi connectivity index (χ1) is 11.8. The van der Waals surface area contributed by atoms with Crippen LogP contribution in [0.15, 0.2) is 16.6 Å². The number of fused-ring (bicyclic) bond motifs is 2. The maximum Gasteiger partial charge on any atom is 0.191 e. The SMILES string of the molecule is NC(=NC1C2CCOC2C12CCC2)N1CCN(c2nccs2)CC1. The summed E-state index contributed by atoms with van der Waals surface area (Å²) >= 11 is 1.70. The quantitative estimate of drug-likeness (QED) is 0.649. The van der Waals surface area contributed by atoms with Gasteiger partial charge in [0.15, 0.2) is 11.1 Å². The summed E-state index contributed by atoms with van der Waals surface area (Å²) in [7, 11) is 0. The largest absolute Gasteiger partial charge is 0.377 e. The zero-order valence-corrected chi connectivity index (χ0v) is 14.7. The summed E-state index contributed by atoms with van der Waals surface area (Å²) in [4.78, 5) is 14.0. The molecule has 4 aliphatic rings. The normalized spacial score (nSPS) is 34.8. The minimum atomic E-state index is 0.328. The maximum atomic E-state index is 6.41. The van der Waals surface area contributed by atoms with Gasteiger partial charge in [-0.1, -0.05) is 6.42 Å². The Morgan fingerprint density at radius 3 is 2.83 bits per heavy atom. The van der Waals surface area contributed by atoms with Crippen molar-refractivity contribution >= 4 is 22.4 Å². The van der Waals surface area contributed by atoms with Crippen molar-refractivity contribution in [1.29, 1.82) is 0 Å². The summed E-state index contributed by atoms with van der Waals surface area (Å²) in [6.45, 7) is 4.71. The molecule has 24 heavy (non-hydrogen) atoms. The van der Waals surface area contributed by atoms with Crippen molar-refractivity contribution in [1.82, 2.24) is 9.88 Å². The number of aliphatic imine (C=N–C) groups is 1. The zero-order valence-electron chi connectivity index (χ0n) is 13.9. The highest BCUT2D eigenvalue weighted by atomic mass is 32.1. The molecule has 0 bridgehead atoms. The van der Waals surface area contributed by atoms with Crippen LogP contribution in [0.4, 0.5) is 5.13 Å². The van der Waals surface area contributed by atoms with E-state index in [-0.39, 0.29) is 0 Å². The molecule has 3 atom stereocenters. The van der Waals surface area contributed by atoms with Gasteiger partial charge in [-0.15, -0.1) is 11.3 Å². The predicted octanol–water partition coefficient (Wildman–Crippen LogP) is 1.54. The lowest BCUT2D eigenvalue weighted by molar-refractivity contribution is -0.164. The number of nitrogens with two attached hydrogens (primary N) is 1. The smallest absolute Gasteiger partial charge is 0.191 e. The van der Waals surface area contributed by atoms with E-state index in [1.54, 1.807) is 11.3 Å². The second kappa shape index (κ2) is 5.59. The second-order valence-electron chi connectivity index (χ2n) is 7.55. The van der Waals surface area contributed by atoms with Crippen molar-refractivity contribution in [2.75, 3.05) is 37.7 Å². The second-order valence-corrected chi connectivity index (χ2v) is 8.42. The summed E-state index contributed by atoms with van der Waals surface area (Å²) in [5.41, 5.74) is 6.74. The Morgan fingerprint density at radius 2 is 2.17 bits per heavy atom. The zero-order chi connectivity index (χ0) is 16.1. The minimum Gasteiger partial charge on any atom is -0.377 e. The van der Waals surface area contributed by atoms with Gasteiger partial charge < -0.3 is 20.3 Å². The third-order valence-corrected chi connectivity index (χ3v) is 7.38. The fourth-order valence-corrected chi connectivity index (χ4v) is 5.81. The lowest BCUT2D eigenvalue weighted by atomic mass is 9.46. The molecule has 2 N–H and O–H groups in total. The topological polar surface area (TPSA) is 67.0 Å². The number of anilines is 1. The number of rotatable bonds is 2. The average molecular weight is 347 g/mol. The molecule has 7 heteroatoms. The molecule has 3 unspecified atom stereocenters. The lowest BCUT2D eigenvalue weighted by Gasteiger charge is -2.61. The minimum absolute atomic E-state index is 0.328. The van der Waals surface area contributed by atoms with Crippen molar-refractivity contribution < 1.29 is 4.74 Å². The van der Waals surface area contributed by atoms with Crippen molar-refractivity contribution in [2.45, 2.75) is 37.8 Å². The molecule has 2 saturated heterocycles. The van der Waals surface area contributed by atoms with Crippen LogP contribution in [0.1, 0.15) is 25.7 Å². The van der Waals surface area contributed by atoms with Crippen molar-refractivity contribution in [3.63, 3.8) is 0 Å². The van der Waals surface area contributed by atoms with Gasteiger partial charge in [0, 0.05) is 55.7 Å². The highest BCUT2D eigenvalue weighted by Crippen LogP contribution is 2.64. The molecule has 2 aliphatic heterocycles. The number of hydrogen-bond donors (Lipinski definition) is 1. The van der Waals surface area contributed by atoms with Crippen LogP contribution in [0.3, 0.4) is 0 Å². The number of guanidine groups is 1. The van der Waals surface area contributed by atoms with Gasteiger partial charge in [-0.25, -0.2) is 9.98 Å². The van der Waals surface area contributed by atoms with E-state index < -0.39 is 0 Å². The van der Waals surface area contributed by atoms with Crippen LogP contribution in [0.5, 0.6) is 0 Å². The van der Waals surface area contributed by atoms with Crippen LogP contribution in [0, 0.1) is 11.3 Å². The van der Waals surface area contributed by atoms with Gasteiger partial charge in [0.05, 0.1) is 12.1 Å². The van der Waals surface area contributed by atoms with Crippen LogP contribution in [0.25, 0.3) is 0 Å². The summed E-state index contributed by atoms with van der Waals surface area (Å²) < 4.78 is 5.99. The molecule has 1 aromatic heterocycles. The number of thiazole rings is 1. The molecule has 6 nitrogen and oxygen atoms in total. The average Bonchev–Trinajstić information content (AvgIpc) is 3.22. The third-order valence-electron chi connectivity index (χ3n) is 6.55. The van der Waals surface area contributed by atoms with Gasteiger partial charge in [-0.05, 0) is 19.3 Å². The number of aromatic nitrogens is 1. The van der Waals surface area contributed by atoms with Crippen molar-refractivity contribution in [3.05, 3.63) is 11.6 Å². The first-order valence-electron chi connectivity index (χ1n) is 9.12. The molecule has 2 aliphatic carbocycles. The van der Waals surface area contributed by atoms with Gasteiger partial charge in [-0.3, -0.25) is 0 Å². The number of nitrogens with zero attached hydrogens (tertiary/aromatic N) is 4. The van der Waals surface area contributed by atoms with E-state index in [1.165, 1.54) is 19.3 Å². The van der Waals surface area contributed by atoms with E-state index in [2.05, 4.69) is 14.8 Å². The molecular formula is C17H25N5OS. The lowest BCUT2D eigenvalue weighted by Crippen LogP contribution is -2.66. The Hall–Kier alpha value is -1.34. The van der Waals surface area contributed by atoms with Gasteiger partial charge in [0.25, 0.3) is 0 Å². The molecule has 1 aromatic rings. The molecule has 130 valence electrons. The number of hydrogen-bond acceptors (Lipinski definition) is 5. The van der Waals surface area contributed by atoms with Crippen LogP contribution >= 0.6 is 11.3 Å². The highest BCUT2D eigenvalue weighted by molar-refractivity contribution is 7.13. The van der Waals surface area contributed by atoms with Crippen LogP contribution < -0.4 is 10.6 Å². The maximum absolute atomic E-state index is 6.41. The molecule has 3 heterocycles. The number of ether oxygens (including phenoxy) is 1. The number of piperazine rings is 1. The standard InChI is InChI=1S/C17H25N5OS/c18-15(21-6-8-22(9-7-21)16-19-5-11-24-16)20-13-12-2-10-23-14(12)17(13)3-1-4-17/h5,11-14H,1-4,6-10H2,(H2,18,20). The summed E-state index contributed by atoms with van der Waals surface area (Å²) in [6.07, 6.45) is 7.36. The Balaban J connectivity index is 1.25. The summed E-state index contributed by atoms with van der Waals surface area (Å²) in [5.74, 6) is 1.36. The van der Waals surface area contributed by atoms with E-state index in [0.29, 0.717) is 23.5 Å². The molecule has 2 saturated carbocycles. The van der Waals surface area contributed by atoms with E-state index in [9.17, 15) is 0 Å². The van der Waals surface area contributed by atoms with E-state index in [0.717, 1.165) is 50.3 Å². The summed E-state index contributed by atoms with van der Waals surface area (Å²) in [5, 5.41) is 3.15. The first kappa shape index (κ1) is 15.0. The Labute approximate surface area is 146 Å². The molecular weight excluding hydrogens is 322 g/mol. The molecule has 4 fully saturated rings. The Morgan fingerprint density at radius 1 is 1.33 bits per heavy atom. The van der Waals surface area contributed by atoms with E-state index >= 15 is 0 Å². The fourth-order valence-electron chi connectivity index (χ4n) is 5.11. The van der Waals surface area contributed by atoms with E-state index in [4.69, 9.17) is 15.5 Å². The third kappa shape index (κ3) is 2.10. The molecule has 0 radical (unpaired) electrons. The Bertz CT molecular complexity index is 621. The van der Waals surface area contributed by atoms with Gasteiger partial charge >= 0.3 is 0 Å². The predicted molar refractivity (Wildman–Crippen MR) is 95.4 cm³/mol. The van der Waals surface area contributed by atoms with Gasteiger partial charge in [-0.2, -0.15) is 0 Å². The van der Waals surface area contributed by atoms with Crippen LogP contribution in [0.2, 0.25) is 0 Å². The van der Waals surface area contributed by atoms with Crippen LogP contribution in [-0.2, 0) is 4.74 Å². The van der Waals surface area contributed by atoms with Crippen LogP contribution in [-0.4, -0.2) is 60.8 Å². The highest BCUT2D eigenvalue weighted by Gasteiger charge is 2.66. The molecule has 0 aromatic carbocycles. The van der Waals surface area contributed by atoms with Gasteiger partial charge in [0.1, 0.15) is 0 Å². The van der Waals surface area contributed by atoms with E-state index in [1.807, 2.05) is 11.6 Å². The molecule has 0 amide bonds. The van der Waals surface area contributed by atoms with Gasteiger partial charge in [0.2, 0.25) is 0 Å². The summed E-state index contributed by atoms with van der Waals surface area (Å²) in [6, 6.07) is 0.399.